The Balaban J connectivity index is 1.77. The van der Waals surface area contributed by atoms with Crippen LogP contribution in [-0.2, 0) is 6.42 Å². The van der Waals surface area contributed by atoms with Gasteiger partial charge in [0, 0.05) is 32.4 Å². The lowest BCUT2D eigenvalue weighted by atomic mass is 10.2. The molecule has 1 aliphatic heterocycles. The monoisotopic (exact) mass is 363 g/mol. The Kier molecular flexibility index (Phi) is 4.78. The highest BCUT2D eigenvalue weighted by Gasteiger charge is 2.18. The number of halogens is 1. The molecular formula is C16H22BrN5. The summed E-state index contributed by atoms with van der Waals surface area (Å²) in [5, 5.41) is 0. The molecule has 0 bridgehead atoms. The molecule has 0 spiro atoms. The fraction of sp³-hybridized carbons (Fsp3) is 0.500. The number of hydrogen-bond acceptors (Lipinski definition) is 4. The SMILES string of the molecule is CCc1cn(-c2ccc(N3CCN(CC)CC3)c(Br)n2)cn1. The first-order valence-electron chi connectivity index (χ1n) is 7.88. The first kappa shape index (κ1) is 15.5. The molecule has 0 N–H and O–H groups in total. The zero-order chi connectivity index (χ0) is 15.5. The third kappa shape index (κ3) is 3.17. The number of pyridine rings is 1. The van der Waals surface area contributed by atoms with E-state index in [0.29, 0.717) is 0 Å². The summed E-state index contributed by atoms with van der Waals surface area (Å²) in [4.78, 5) is 13.9. The van der Waals surface area contributed by atoms with Crippen molar-refractivity contribution in [2.24, 2.45) is 0 Å². The lowest BCUT2D eigenvalue weighted by Gasteiger charge is -2.35. The van der Waals surface area contributed by atoms with Crippen molar-refractivity contribution in [1.82, 2.24) is 19.4 Å². The predicted octanol–water partition coefficient (Wildman–Crippen LogP) is 2.73. The van der Waals surface area contributed by atoms with E-state index in [0.717, 1.165) is 55.3 Å². The fourth-order valence-electron chi connectivity index (χ4n) is 2.77. The molecule has 5 nitrogen and oxygen atoms in total. The number of imidazole rings is 1. The van der Waals surface area contributed by atoms with E-state index in [1.165, 1.54) is 5.69 Å². The molecule has 22 heavy (non-hydrogen) atoms. The molecule has 1 saturated heterocycles. The van der Waals surface area contributed by atoms with Gasteiger partial charge in [-0.2, -0.15) is 0 Å². The molecule has 2 aromatic rings. The number of rotatable bonds is 4. The Morgan fingerprint density at radius 2 is 1.91 bits per heavy atom. The number of likely N-dealkylation sites (N-methyl/N-ethyl adjacent to an activating group) is 1. The van der Waals surface area contributed by atoms with Gasteiger partial charge in [-0.1, -0.05) is 13.8 Å². The summed E-state index contributed by atoms with van der Waals surface area (Å²) in [7, 11) is 0. The zero-order valence-electron chi connectivity index (χ0n) is 13.2. The second-order valence-electron chi connectivity index (χ2n) is 5.53. The van der Waals surface area contributed by atoms with E-state index in [1.807, 2.05) is 17.1 Å². The van der Waals surface area contributed by atoms with Crippen LogP contribution in [0.25, 0.3) is 5.82 Å². The topological polar surface area (TPSA) is 37.2 Å². The average Bonchev–Trinajstić information content (AvgIpc) is 3.04. The molecule has 0 aromatic carbocycles. The summed E-state index contributed by atoms with van der Waals surface area (Å²) in [5.41, 5.74) is 2.26. The maximum Gasteiger partial charge on any atom is 0.139 e. The highest BCUT2D eigenvalue weighted by molar-refractivity contribution is 9.10. The van der Waals surface area contributed by atoms with E-state index in [2.05, 4.69) is 61.7 Å². The number of piperazine rings is 1. The molecule has 118 valence electrons. The highest BCUT2D eigenvalue weighted by atomic mass is 79.9. The van der Waals surface area contributed by atoms with Gasteiger partial charge in [0.25, 0.3) is 0 Å². The highest BCUT2D eigenvalue weighted by Crippen LogP contribution is 2.26. The largest absolute Gasteiger partial charge is 0.367 e. The third-order valence-electron chi connectivity index (χ3n) is 4.24. The first-order valence-corrected chi connectivity index (χ1v) is 8.67. The van der Waals surface area contributed by atoms with Gasteiger partial charge < -0.3 is 9.80 Å². The Labute approximate surface area is 140 Å². The maximum absolute atomic E-state index is 4.69. The van der Waals surface area contributed by atoms with Crippen molar-refractivity contribution in [3.8, 4) is 5.82 Å². The van der Waals surface area contributed by atoms with E-state index in [-0.39, 0.29) is 0 Å². The molecule has 1 aliphatic rings. The summed E-state index contributed by atoms with van der Waals surface area (Å²) in [6.45, 7) is 9.80. The van der Waals surface area contributed by atoms with Crippen LogP contribution >= 0.6 is 15.9 Å². The van der Waals surface area contributed by atoms with Gasteiger partial charge in [-0.05, 0) is 41.0 Å². The fourth-order valence-corrected chi connectivity index (χ4v) is 3.34. The number of hydrogen-bond donors (Lipinski definition) is 0. The minimum Gasteiger partial charge on any atom is -0.367 e. The van der Waals surface area contributed by atoms with Gasteiger partial charge in [-0.15, -0.1) is 0 Å². The van der Waals surface area contributed by atoms with Crippen molar-refractivity contribution in [3.05, 3.63) is 35.0 Å². The van der Waals surface area contributed by atoms with Crippen molar-refractivity contribution in [1.29, 1.82) is 0 Å². The lowest BCUT2D eigenvalue weighted by molar-refractivity contribution is 0.271. The Bertz CT molecular complexity index is 631. The first-order chi connectivity index (χ1) is 10.7. The van der Waals surface area contributed by atoms with Crippen molar-refractivity contribution >= 4 is 21.6 Å². The second kappa shape index (κ2) is 6.79. The number of aryl methyl sites for hydroxylation is 1. The van der Waals surface area contributed by atoms with Crippen molar-refractivity contribution in [3.63, 3.8) is 0 Å². The molecule has 0 atom stereocenters. The molecular weight excluding hydrogens is 342 g/mol. The quantitative estimate of drug-likeness (QED) is 0.782. The van der Waals surface area contributed by atoms with E-state index in [4.69, 9.17) is 0 Å². The van der Waals surface area contributed by atoms with Crippen LogP contribution in [0.5, 0.6) is 0 Å². The molecule has 3 heterocycles. The Morgan fingerprint density at radius 3 is 2.50 bits per heavy atom. The van der Waals surface area contributed by atoms with Crippen LogP contribution in [0.1, 0.15) is 19.5 Å². The number of aromatic nitrogens is 3. The minimum atomic E-state index is 0.898. The predicted molar refractivity (Wildman–Crippen MR) is 92.8 cm³/mol. The zero-order valence-corrected chi connectivity index (χ0v) is 14.8. The molecule has 6 heteroatoms. The van der Waals surface area contributed by atoms with Crippen LogP contribution in [0.3, 0.4) is 0 Å². The average molecular weight is 364 g/mol. The van der Waals surface area contributed by atoms with Crippen molar-refractivity contribution in [2.75, 3.05) is 37.6 Å². The standard InChI is InChI=1S/C16H22BrN5/c1-3-13-11-22(12-18-13)15-6-5-14(16(17)19-15)21-9-7-20(4-2)8-10-21/h5-6,11-12H,3-4,7-10H2,1-2H3. The Hall–Kier alpha value is -1.40. The van der Waals surface area contributed by atoms with E-state index in [1.54, 1.807) is 0 Å². The van der Waals surface area contributed by atoms with Gasteiger partial charge >= 0.3 is 0 Å². The molecule has 0 saturated carbocycles. The number of nitrogens with zero attached hydrogens (tertiary/aromatic N) is 5. The van der Waals surface area contributed by atoms with E-state index >= 15 is 0 Å². The molecule has 0 unspecified atom stereocenters. The summed E-state index contributed by atoms with van der Waals surface area (Å²) in [6, 6.07) is 4.22. The molecule has 0 amide bonds. The molecule has 1 fully saturated rings. The Morgan fingerprint density at radius 1 is 1.14 bits per heavy atom. The van der Waals surface area contributed by atoms with Crippen molar-refractivity contribution in [2.45, 2.75) is 20.3 Å². The van der Waals surface area contributed by atoms with E-state index in [9.17, 15) is 0 Å². The van der Waals surface area contributed by atoms with Crippen LogP contribution in [0.15, 0.2) is 29.3 Å². The molecule has 0 aliphatic carbocycles. The summed E-state index contributed by atoms with van der Waals surface area (Å²) in [5.74, 6) is 0.898. The van der Waals surface area contributed by atoms with Crippen LogP contribution in [-0.4, -0.2) is 52.2 Å². The van der Waals surface area contributed by atoms with Gasteiger partial charge in [0.05, 0.1) is 11.4 Å². The second-order valence-corrected chi connectivity index (χ2v) is 6.28. The molecule has 2 aromatic heterocycles. The van der Waals surface area contributed by atoms with Gasteiger partial charge in [0.1, 0.15) is 16.7 Å². The van der Waals surface area contributed by atoms with Crippen LogP contribution < -0.4 is 4.90 Å². The molecule has 0 radical (unpaired) electrons. The summed E-state index contributed by atoms with van der Waals surface area (Å²) < 4.78 is 2.88. The van der Waals surface area contributed by atoms with Gasteiger partial charge in [-0.3, -0.25) is 4.57 Å². The third-order valence-corrected chi connectivity index (χ3v) is 4.82. The van der Waals surface area contributed by atoms with Gasteiger partial charge in [-0.25, -0.2) is 9.97 Å². The van der Waals surface area contributed by atoms with Crippen LogP contribution in [0.4, 0.5) is 5.69 Å². The number of anilines is 1. The van der Waals surface area contributed by atoms with Gasteiger partial charge in [0.15, 0.2) is 0 Å². The summed E-state index contributed by atoms with van der Waals surface area (Å²) >= 11 is 3.64. The lowest BCUT2D eigenvalue weighted by Crippen LogP contribution is -2.46. The summed E-state index contributed by atoms with van der Waals surface area (Å²) in [6.07, 6.45) is 4.80. The smallest absolute Gasteiger partial charge is 0.139 e. The normalized spacial score (nSPS) is 16.2. The minimum absolute atomic E-state index is 0.898. The van der Waals surface area contributed by atoms with Crippen molar-refractivity contribution < 1.29 is 0 Å². The van der Waals surface area contributed by atoms with Crippen LogP contribution in [0.2, 0.25) is 0 Å². The molecule has 3 rings (SSSR count). The van der Waals surface area contributed by atoms with Crippen LogP contribution in [0, 0.1) is 0 Å². The maximum atomic E-state index is 4.69. The van der Waals surface area contributed by atoms with E-state index < -0.39 is 0 Å². The van der Waals surface area contributed by atoms with Gasteiger partial charge in [0.2, 0.25) is 0 Å².